The first kappa shape index (κ1) is 10.5. The smallest absolute Gasteiger partial charge is 0.0222 e. The van der Waals surface area contributed by atoms with Crippen molar-refractivity contribution in [2.24, 2.45) is 5.41 Å². The molecule has 0 spiro atoms. The van der Waals surface area contributed by atoms with E-state index in [1.165, 1.54) is 6.42 Å². The Morgan fingerprint density at radius 1 is 1.45 bits per heavy atom. The predicted molar refractivity (Wildman–Crippen MR) is 51.5 cm³/mol. The second kappa shape index (κ2) is 3.80. The fraction of sp³-hybridized carbons (Fsp3) is 0.800. The molecule has 0 rings (SSSR count). The molecule has 1 heteroatoms. The highest BCUT2D eigenvalue weighted by molar-refractivity contribution is 4.88. The van der Waals surface area contributed by atoms with Crippen molar-refractivity contribution >= 4 is 0 Å². The summed E-state index contributed by atoms with van der Waals surface area (Å²) in [6.45, 7) is 13.8. The monoisotopic (exact) mass is 155 g/mol. The Kier molecular flexibility index (Phi) is 3.64. The summed E-state index contributed by atoms with van der Waals surface area (Å²) in [5.41, 5.74) is 1.56. The van der Waals surface area contributed by atoms with E-state index in [0.29, 0.717) is 5.41 Å². The van der Waals surface area contributed by atoms with Crippen molar-refractivity contribution < 1.29 is 0 Å². The van der Waals surface area contributed by atoms with E-state index in [9.17, 15) is 0 Å². The highest BCUT2D eigenvalue weighted by Gasteiger charge is 2.16. The number of rotatable bonds is 4. The lowest BCUT2D eigenvalue weighted by Crippen LogP contribution is -2.29. The van der Waals surface area contributed by atoms with Crippen LogP contribution in [-0.2, 0) is 0 Å². The lowest BCUT2D eigenvalue weighted by Gasteiger charge is -2.30. The Labute approximate surface area is 71.1 Å². The fourth-order valence-electron chi connectivity index (χ4n) is 0.889. The molecule has 0 aromatic carbocycles. The van der Waals surface area contributed by atoms with Crippen LogP contribution in [0.2, 0.25) is 0 Å². The molecule has 0 aliphatic rings. The molecule has 1 nitrogen and oxygen atoms in total. The lowest BCUT2D eigenvalue weighted by atomic mass is 9.90. The molecule has 0 N–H and O–H groups in total. The van der Waals surface area contributed by atoms with Gasteiger partial charge >= 0.3 is 0 Å². The van der Waals surface area contributed by atoms with Crippen LogP contribution in [0.5, 0.6) is 0 Å². The van der Waals surface area contributed by atoms with Gasteiger partial charge in [0.2, 0.25) is 0 Å². The normalized spacial score (nSPS) is 11.4. The molecule has 66 valence electrons. The van der Waals surface area contributed by atoms with Crippen LogP contribution in [0.25, 0.3) is 0 Å². The summed E-state index contributed by atoms with van der Waals surface area (Å²) in [6.07, 6.45) is 1.21. The molecule has 0 aromatic heterocycles. The van der Waals surface area contributed by atoms with Crippen molar-refractivity contribution in [3.63, 3.8) is 0 Å². The molecule has 0 atom stereocenters. The maximum absolute atomic E-state index is 3.90. The topological polar surface area (TPSA) is 3.24 Å². The summed E-state index contributed by atoms with van der Waals surface area (Å²) in [5.74, 6) is 0. The molecule has 11 heavy (non-hydrogen) atoms. The summed E-state index contributed by atoms with van der Waals surface area (Å²) in [4.78, 5) is 2.21. The summed E-state index contributed by atoms with van der Waals surface area (Å²) < 4.78 is 0. The van der Waals surface area contributed by atoms with Crippen LogP contribution in [0.3, 0.4) is 0 Å². The number of hydrogen-bond donors (Lipinski definition) is 0. The molecular weight excluding hydrogens is 134 g/mol. The van der Waals surface area contributed by atoms with Crippen molar-refractivity contribution in [3.8, 4) is 0 Å². The summed E-state index contributed by atoms with van der Waals surface area (Å²) in [6, 6.07) is 0. The van der Waals surface area contributed by atoms with Gasteiger partial charge in [0.25, 0.3) is 0 Å². The van der Waals surface area contributed by atoms with E-state index in [-0.39, 0.29) is 0 Å². The van der Waals surface area contributed by atoms with Crippen molar-refractivity contribution in [1.82, 2.24) is 4.90 Å². The van der Waals surface area contributed by atoms with E-state index in [4.69, 9.17) is 0 Å². The molecule has 0 saturated heterocycles. The van der Waals surface area contributed by atoms with Crippen molar-refractivity contribution in [2.75, 3.05) is 13.6 Å². The van der Waals surface area contributed by atoms with Crippen LogP contribution in [0.4, 0.5) is 0 Å². The Morgan fingerprint density at radius 3 is 2.18 bits per heavy atom. The van der Waals surface area contributed by atoms with Gasteiger partial charge in [0.15, 0.2) is 0 Å². The molecule has 0 unspecified atom stereocenters. The molecule has 0 aromatic rings. The standard InChI is InChI=1S/C10H21N/c1-7-10(4,5)8-11(6)9(2)3/h2,7-8H2,1,3-6H3. The molecule has 0 aliphatic heterocycles. The molecule has 0 heterocycles. The molecular formula is C10H21N. The number of nitrogens with zero attached hydrogens (tertiary/aromatic N) is 1. The molecule has 0 radical (unpaired) electrons. The Morgan fingerprint density at radius 2 is 1.91 bits per heavy atom. The van der Waals surface area contributed by atoms with Gasteiger partial charge < -0.3 is 4.90 Å². The van der Waals surface area contributed by atoms with Gasteiger partial charge in [-0.2, -0.15) is 0 Å². The zero-order valence-corrected chi connectivity index (χ0v) is 8.57. The van der Waals surface area contributed by atoms with Gasteiger partial charge in [-0.05, 0) is 18.8 Å². The van der Waals surface area contributed by atoms with Gasteiger partial charge in [0.1, 0.15) is 0 Å². The second-order valence-corrected chi connectivity index (χ2v) is 4.11. The first-order valence-corrected chi connectivity index (χ1v) is 4.25. The highest BCUT2D eigenvalue weighted by atomic mass is 15.1. The van der Waals surface area contributed by atoms with Crippen molar-refractivity contribution in [3.05, 3.63) is 12.3 Å². The summed E-state index contributed by atoms with van der Waals surface area (Å²) in [7, 11) is 2.10. The van der Waals surface area contributed by atoms with Crippen LogP contribution >= 0.6 is 0 Å². The van der Waals surface area contributed by atoms with Crippen LogP contribution in [0.15, 0.2) is 12.3 Å². The Hall–Kier alpha value is -0.460. The first-order chi connectivity index (χ1) is 4.89. The van der Waals surface area contributed by atoms with Gasteiger partial charge in [-0.25, -0.2) is 0 Å². The second-order valence-electron chi connectivity index (χ2n) is 4.11. The quantitative estimate of drug-likeness (QED) is 0.603. The van der Waals surface area contributed by atoms with Crippen LogP contribution < -0.4 is 0 Å². The SMILES string of the molecule is C=C(C)N(C)CC(C)(C)CC. The van der Waals surface area contributed by atoms with E-state index in [1.54, 1.807) is 0 Å². The maximum atomic E-state index is 3.90. The fourth-order valence-corrected chi connectivity index (χ4v) is 0.889. The third-order valence-corrected chi connectivity index (χ3v) is 2.27. The van der Waals surface area contributed by atoms with Gasteiger partial charge in [-0.1, -0.05) is 27.4 Å². The van der Waals surface area contributed by atoms with Crippen LogP contribution in [-0.4, -0.2) is 18.5 Å². The van der Waals surface area contributed by atoms with Crippen LogP contribution in [0.1, 0.15) is 34.1 Å². The van der Waals surface area contributed by atoms with E-state index in [2.05, 4.69) is 39.3 Å². The van der Waals surface area contributed by atoms with Crippen molar-refractivity contribution in [2.45, 2.75) is 34.1 Å². The summed E-state index contributed by atoms with van der Waals surface area (Å²) >= 11 is 0. The Balaban J connectivity index is 3.93. The van der Waals surface area contributed by atoms with Gasteiger partial charge in [-0.15, -0.1) is 0 Å². The minimum absolute atomic E-state index is 0.410. The molecule has 0 bridgehead atoms. The van der Waals surface area contributed by atoms with E-state index < -0.39 is 0 Å². The van der Waals surface area contributed by atoms with Crippen molar-refractivity contribution in [1.29, 1.82) is 0 Å². The van der Waals surface area contributed by atoms with E-state index in [0.717, 1.165) is 12.2 Å². The number of hydrogen-bond acceptors (Lipinski definition) is 1. The lowest BCUT2D eigenvalue weighted by molar-refractivity contribution is 0.239. The predicted octanol–water partition coefficient (Wildman–Crippen LogP) is 2.89. The average Bonchev–Trinajstić information content (AvgIpc) is 1.87. The van der Waals surface area contributed by atoms with Gasteiger partial charge in [0.05, 0.1) is 0 Å². The third-order valence-electron chi connectivity index (χ3n) is 2.27. The number of allylic oxidation sites excluding steroid dienone is 1. The minimum atomic E-state index is 0.410. The maximum Gasteiger partial charge on any atom is 0.0222 e. The highest BCUT2D eigenvalue weighted by Crippen LogP contribution is 2.21. The minimum Gasteiger partial charge on any atom is -0.378 e. The molecule has 0 saturated carbocycles. The largest absolute Gasteiger partial charge is 0.378 e. The molecule has 0 fully saturated rings. The van der Waals surface area contributed by atoms with E-state index in [1.807, 2.05) is 6.92 Å². The zero-order valence-electron chi connectivity index (χ0n) is 8.57. The van der Waals surface area contributed by atoms with E-state index >= 15 is 0 Å². The third kappa shape index (κ3) is 4.07. The molecule has 0 aliphatic carbocycles. The molecule has 0 amide bonds. The van der Waals surface area contributed by atoms with Crippen LogP contribution in [0, 0.1) is 5.41 Å². The summed E-state index contributed by atoms with van der Waals surface area (Å²) in [5, 5.41) is 0. The Bertz CT molecular complexity index is 136. The average molecular weight is 155 g/mol. The van der Waals surface area contributed by atoms with Gasteiger partial charge in [-0.3, -0.25) is 0 Å². The van der Waals surface area contributed by atoms with Gasteiger partial charge in [0, 0.05) is 19.3 Å². The first-order valence-electron chi connectivity index (χ1n) is 4.25. The zero-order chi connectivity index (χ0) is 9.07.